The second kappa shape index (κ2) is 10.4. The van der Waals surface area contributed by atoms with E-state index in [-0.39, 0.29) is 21.5 Å². The van der Waals surface area contributed by atoms with Crippen molar-refractivity contribution in [2.75, 3.05) is 30.9 Å². The van der Waals surface area contributed by atoms with Crippen molar-refractivity contribution in [3.05, 3.63) is 44.8 Å². The molecule has 2 aromatic rings. The van der Waals surface area contributed by atoms with Gasteiger partial charge in [-0.25, -0.2) is 9.37 Å². The average Bonchev–Trinajstić information content (AvgIpc) is 2.80. The zero-order chi connectivity index (χ0) is 23.5. The van der Waals surface area contributed by atoms with E-state index in [4.69, 9.17) is 33.2 Å². The Morgan fingerprint density at radius 3 is 2.55 bits per heavy atom. The fourth-order valence-corrected chi connectivity index (χ4v) is 5.20. The van der Waals surface area contributed by atoms with E-state index in [2.05, 4.69) is 15.5 Å². The lowest BCUT2D eigenvalue weighted by Gasteiger charge is -2.30. The first-order valence-electron chi connectivity index (χ1n) is 11.6. The van der Waals surface area contributed by atoms with E-state index in [1.54, 1.807) is 0 Å². The maximum absolute atomic E-state index is 13.7. The summed E-state index contributed by atoms with van der Waals surface area (Å²) in [6, 6.07) is 2.66. The molecule has 178 valence electrons. The minimum atomic E-state index is -0.653. The van der Waals surface area contributed by atoms with Gasteiger partial charge in [0.2, 0.25) is 5.95 Å². The Balaban J connectivity index is 1.30. The van der Waals surface area contributed by atoms with E-state index >= 15 is 0 Å². The van der Waals surface area contributed by atoms with Crippen LogP contribution in [0, 0.1) is 11.7 Å². The van der Waals surface area contributed by atoms with Gasteiger partial charge in [-0.05, 0) is 69.4 Å². The van der Waals surface area contributed by atoms with E-state index in [1.165, 1.54) is 30.2 Å². The monoisotopic (exact) mass is 493 g/mol. The molecule has 2 N–H and O–H groups in total. The minimum Gasteiger partial charge on any atom is -0.362 e. The second-order valence-electron chi connectivity index (χ2n) is 9.22. The predicted molar refractivity (Wildman–Crippen MR) is 131 cm³/mol. The molecule has 1 fully saturated rings. The molecule has 33 heavy (non-hydrogen) atoms. The van der Waals surface area contributed by atoms with Gasteiger partial charge in [0, 0.05) is 32.2 Å². The maximum Gasteiger partial charge on any atom is 0.252 e. The summed E-state index contributed by atoms with van der Waals surface area (Å²) in [7, 11) is 4.07. The Kier molecular flexibility index (Phi) is 7.59. The molecular formula is C24H30Cl2FN5O. The molecule has 1 aromatic heterocycles. The van der Waals surface area contributed by atoms with Crippen molar-refractivity contribution in [2.45, 2.75) is 57.4 Å². The standard InChI is InChI=1S/C24H30Cl2FN5O/c1-32(2)22-16-5-3-4-6-21(16)30-24(31-22)29-15-9-7-14(8-10-15)13-28-23(33)17-11-20(27)19(26)12-18(17)25/h11-12,14-15H,3-10,13H2,1-2H3,(H,28,33)(H,29,30,31). The lowest BCUT2D eigenvalue weighted by atomic mass is 9.86. The number of anilines is 2. The van der Waals surface area contributed by atoms with Gasteiger partial charge in [-0.3, -0.25) is 4.79 Å². The van der Waals surface area contributed by atoms with Gasteiger partial charge in [0.25, 0.3) is 5.91 Å². The van der Waals surface area contributed by atoms with Gasteiger partial charge < -0.3 is 15.5 Å². The molecule has 2 aliphatic carbocycles. The highest BCUT2D eigenvalue weighted by Gasteiger charge is 2.25. The summed E-state index contributed by atoms with van der Waals surface area (Å²) in [6.07, 6.45) is 8.36. The van der Waals surface area contributed by atoms with E-state index in [0.29, 0.717) is 18.5 Å². The number of amides is 1. The number of fused-ring (bicyclic) bond motifs is 1. The van der Waals surface area contributed by atoms with Crippen molar-refractivity contribution in [1.29, 1.82) is 0 Å². The van der Waals surface area contributed by atoms with E-state index < -0.39 is 5.82 Å². The Morgan fingerprint density at radius 1 is 1.09 bits per heavy atom. The third-order valence-electron chi connectivity index (χ3n) is 6.57. The summed E-state index contributed by atoms with van der Waals surface area (Å²) in [5, 5.41) is 6.49. The first-order valence-corrected chi connectivity index (χ1v) is 12.3. The number of carbonyl (C=O) groups is 1. The largest absolute Gasteiger partial charge is 0.362 e. The number of nitrogens with one attached hydrogen (secondary N) is 2. The van der Waals surface area contributed by atoms with E-state index in [1.807, 2.05) is 14.1 Å². The molecule has 2 aliphatic rings. The quantitative estimate of drug-likeness (QED) is 0.536. The van der Waals surface area contributed by atoms with Crippen molar-refractivity contribution in [3.8, 4) is 0 Å². The molecule has 1 aromatic carbocycles. The summed E-state index contributed by atoms with van der Waals surface area (Å²) in [5.41, 5.74) is 2.57. The highest BCUT2D eigenvalue weighted by Crippen LogP contribution is 2.30. The average molecular weight is 494 g/mol. The minimum absolute atomic E-state index is 0.0945. The van der Waals surface area contributed by atoms with Gasteiger partial charge in [0.15, 0.2) is 0 Å². The van der Waals surface area contributed by atoms with Crippen LogP contribution in [-0.4, -0.2) is 42.6 Å². The number of halogens is 3. The molecule has 0 aliphatic heterocycles. The Labute approximate surface area is 204 Å². The van der Waals surface area contributed by atoms with Crippen LogP contribution < -0.4 is 15.5 Å². The molecule has 4 rings (SSSR count). The zero-order valence-electron chi connectivity index (χ0n) is 19.1. The molecule has 1 amide bonds. The number of benzene rings is 1. The molecule has 0 unspecified atom stereocenters. The Morgan fingerprint density at radius 2 is 1.82 bits per heavy atom. The van der Waals surface area contributed by atoms with E-state index in [9.17, 15) is 9.18 Å². The smallest absolute Gasteiger partial charge is 0.252 e. The fourth-order valence-electron chi connectivity index (χ4n) is 4.73. The van der Waals surface area contributed by atoms with Gasteiger partial charge in [-0.2, -0.15) is 4.98 Å². The molecule has 0 saturated heterocycles. The van der Waals surface area contributed by atoms with Crippen LogP contribution in [0.25, 0.3) is 0 Å². The van der Waals surface area contributed by atoms with Gasteiger partial charge >= 0.3 is 0 Å². The van der Waals surface area contributed by atoms with Crippen LogP contribution in [0.3, 0.4) is 0 Å². The van der Waals surface area contributed by atoms with Crippen LogP contribution in [0.15, 0.2) is 12.1 Å². The van der Waals surface area contributed by atoms with Crippen molar-refractivity contribution < 1.29 is 9.18 Å². The number of hydrogen-bond donors (Lipinski definition) is 2. The Bertz CT molecular complexity index is 1020. The molecule has 6 nitrogen and oxygen atoms in total. The predicted octanol–water partition coefficient (Wildman–Crippen LogP) is 5.27. The fraction of sp³-hybridized carbons (Fsp3) is 0.542. The lowest BCUT2D eigenvalue weighted by molar-refractivity contribution is 0.0943. The summed E-state index contributed by atoms with van der Waals surface area (Å²) >= 11 is 11.8. The van der Waals surface area contributed by atoms with Crippen molar-refractivity contribution >= 4 is 40.9 Å². The van der Waals surface area contributed by atoms with Crippen molar-refractivity contribution in [1.82, 2.24) is 15.3 Å². The van der Waals surface area contributed by atoms with Crippen LogP contribution in [0.4, 0.5) is 16.2 Å². The zero-order valence-corrected chi connectivity index (χ0v) is 20.6. The van der Waals surface area contributed by atoms with Gasteiger partial charge in [0.05, 0.1) is 21.3 Å². The number of nitrogens with zero attached hydrogens (tertiary/aromatic N) is 3. The highest BCUT2D eigenvalue weighted by atomic mass is 35.5. The van der Waals surface area contributed by atoms with Crippen LogP contribution in [-0.2, 0) is 12.8 Å². The molecule has 1 saturated carbocycles. The number of hydrogen-bond acceptors (Lipinski definition) is 5. The van der Waals surface area contributed by atoms with E-state index in [0.717, 1.165) is 56.4 Å². The van der Waals surface area contributed by atoms with Crippen LogP contribution >= 0.6 is 23.2 Å². The highest BCUT2D eigenvalue weighted by molar-refractivity contribution is 6.36. The van der Waals surface area contributed by atoms with Crippen molar-refractivity contribution in [2.24, 2.45) is 5.92 Å². The number of rotatable bonds is 6. The summed E-state index contributed by atoms with van der Waals surface area (Å²) in [5.74, 6) is 1.07. The van der Waals surface area contributed by atoms with Gasteiger partial charge in [-0.15, -0.1) is 0 Å². The SMILES string of the molecule is CN(C)c1nc(NC2CCC(CNC(=O)c3cc(F)c(Cl)cc3Cl)CC2)nc2c1CCCC2. The third kappa shape index (κ3) is 5.69. The summed E-state index contributed by atoms with van der Waals surface area (Å²) in [6.45, 7) is 0.534. The summed E-state index contributed by atoms with van der Waals surface area (Å²) < 4.78 is 13.7. The second-order valence-corrected chi connectivity index (χ2v) is 10.0. The molecule has 0 bridgehead atoms. The van der Waals surface area contributed by atoms with Crippen LogP contribution in [0.5, 0.6) is 0 Å². The molecular weight excluding hydrogens is 464 g/mol. The summed E-state index contributed by atoms with van der Waals surface area (Å²) in [4.78, 5) is 24.2. The number of carbonyl (C=O) groups excluding carboxylic acids is 1. The maximum atomic E-state index is 13.7. The first-order chi connectivity index (χ1) is 15.8. The van der Waals surface area contributed by atoms with Crippen LogP contribution in [0.1, 0.15) is 60.1 Å². The molecule has 0 atom stereocenters. The number of aryl methyl sites for hydroxylation is 1. The molecule has 0 radical (unpaired) electrons. The Hall–Kier alpha value is -2.12. The first kappa shape index (κ1) is 24.0. The molecule has 1 heterocycles. The number of aromatic nitrogens is 2. The molecule has 0 spiro atoms. The van der Waals surface area contributed by atoms with Crippen molar-refractivity contribution in [3.63, 3.8) is 0 Å². The van der Waals surface area contributed by atoms with Gasteiger partial charge in [0.1, 0.15) is 11.6 Å². The normalized spacial score (nSPS) is 20.2. The van der Waals surface area contributed by atoms with Crippen LogP contribution in [0.2, 0.25) is 10.0 Å². The lowest BCUT2D eigenvalue weighted by Crippen LogP contribution is -2.34. The topological polar surface area (TPSA) is 70.2 Å². The molecule has 9 heteroatoms. The third-order valence-corrected chi connectivity index (χ3v) is 7.17. The van der Waals surface area contributed by atoms with Gasteiger partial charge in [-0.1, -0.05) is 23.2 Å².